The molecule has 0 saturated heterocycles. The second-order valence-corrected chi connectivity index (χ2v) is 6.09. The monoisotopic (exact) mass is 411 g/mol. The Hall–Kier alpha value is -1.04. The van der Waals surface area contributed by atoms with Crippen LogP contribution in [0.5, 0.6) is 0 Å². The summed E-state index contributed by atoms with van der Waals surface area (Å²) in [6, 6.07) is 6.54. The molecule has 0 atom stereocenters. The van der Waals surface area contributed by atoms with Gasteiger partial charge in [0.05, 0.1) is 0 Å². The molecule has 2 aliphatic carbocycles. The first-order chi connectivity index (χ1) is 10.3. The fourth-order valence-electron chi connectivity index (χ4n) is 3.29. The van der Waals surface area contributed by atoms with Crippen LogP contribution in [0, 0.1) is 0 Å². The fraction of sp³-hybridized carbons (Fsp3) is 0.500. The summed E-state index contributed by atoms with van der Waals surface area (Å²) in [5, 5.41) is 3.22. The molecule has 120 valence electrons. The number of fused-ring (bicyclic) bond motifs is 1. The highest BCUT2D eigenvalue weighted by Crippen LogP contribution is 2.24. The Morgan fingerprint density at radius 3 is 2.77 bits per heavy atom. The summed E-state index contributed by atoms with van der Waals surface area (Å²) in [5.74, 6) is 0.532. The molecule has 2 aliphatic rings. The molecule has 0 spiro atoms. The number of anilines is 1. The molecule has 3 nitrogen and oxygen atoms in total. The molecule has 3 N–H and O–H groups in total. The molecule has 0 saturated carbocycles. The number of guanidine groups is 1. The summed E-state index contributed by atoms with van der Waals surface area (Å²) >= 11 is 0. The van der Waals surface area contributed by atoms with Gasteiger partial charge >= 0.3 is 0 Å². The van der Waals surface area contributed by atoms with Gasteiger partial charge in [-0.2, -0.15) is 0 Å². The number of aryl methyl sites for hydroxylation is 2. The molecule has 22 heavy (non-hydrogen) atoms. The molecular formula is C18H26IN3. The number of nitrogens with one attached hydrogen (secondary N) is 1. The molecule has 0 radical (unpaired) electrons. The number of halogens is 1. The van der Waals surface area contributed by atoms with Gasteiger partial charge in [0.25, 0.3) is 0 Å². The minimum absolute atomic E-state index is 0. The van der Waals surface area contributed by atoms with E-state index < -0.39 is 0 Å². The van der Waals surface area contributed by atoms with E-state index in [2.05, 4.69) is 34.6 Å². The first-order valence-electron chi connectivity index (χ1n) is 8.18. The topological polar surface area (TPSA) is 50.4 Å². The number of nitrogens with zero attached hydrogens (tertiary/aromatic N) is 1. The van der Waals surface area contributed by atoms with Gasteiger partial charge in [-0.15, -0.1) is 24.0 Å². The molecule has 0 unspecified atom stereocenters. The van der Waals surface area contributed by atoms with Crippen LogP contribution >= 0.6 is 24.0 Å². The highest BCUT2D eigenvalue weighted by molar-refractivity contribution is 14.0. The van der Waals surface area contributed by atoms with Gasteiger partial charge in [0, 0.05) is 12.2 Å². The summed E-state index contributed by atoms with van der Waals surface area (Å²) in [4.78, 5) is 4.45. The lowest BCUT2D eigenvalue weighted by atomic mass is 9.97. The largest absolute Gasteiger partial charge is 0.370 e. The smallest absolute Gasteiger partial charge is 0.193 e. The van der Waals surface area contributed by atoms with E-state index in [0.717, 1.165) is 18.7 Å². The molecule has 0 heterocycles. The average molecular weight is 411 g/mol. The van der Waals surface area contributed by atoms with E-state index in [1.165, 1.54) is 56.1 Å². The number of aliphatic imine (C=N–C) groups is 1. The Kier molecular flexibility index (Phi) is 6.73. The van der Waals surface area contributed by atoms with Gasteiger partial charge in [0.15, 0.2) is 5.96 Å². The van der Waals surface area contributed by atoms with Crippen molar-refractivity contribution in [3.63, 3.8) is 0 Å². The summed E-state index contributed by atoms with van der Waals surface area (Å²) < 4.78 is 0. The lowest BCUT2D eigenvalue weighted by molar-refractivity contribution is 0.676. The number of benzene rings is 1. The first-order valence-corrected chi connectivity index (χ1v) is 8.18. The third-order valence-electron chi connectivity index (χ3n) is 4.47. The Morgan fingerprint density at radius 1 is 1.09 bits per heavy atom. The Morgan fingerprint density at radius 2 is 1.95 bits per heavy atom. The second-order valence-electron chi connectivity index (χ2n) is 6.09. The van der Waals surface area contributed by atoms with Crippen LogP contribution in [0.15, 0.2) is 34.8 Å². The van der Waals surface area contributed by atoms with E-state index in [0.29, 0.717) is 5.96 Å². The second kappa shape index (κ2) is 8.56. The van der Waals surface area contributed by atoms with Crippen LogP contribution in [-0.2, 0) is 12.8 Å². The van der Waals surface area contributed by atoms with Crippen LogP contribution in [-0.4, -0.2) is 12.5 Å². The SMILES string of the molecule is I.NC(=NCCC1=CCCCC1)Nc1ccc2c(c1)CCC2. The molecule has 0 fully saturated rings. The highest BCUT2D eigenvalue weighted by atomic mass is 127. The number of nitrogens with two attached hydrogens (primary N) is 1. The molecule has 3 rings (SSSR count). The van der Waals surface area contributed by atoms with Gasteiger partial charge in [-0.05, 0) is 74.6 Å². The van der Waals surface area contributed by atoms with Crippen molar-refractivity contribution in [2.75, 3.05) is 11.9 Å². The van der Waals surface area contributed by atoms with Crippen molar-refractivity contribution in [2.45, 2.75) is 51.4 Å². The van der Waals surface area contributed by atoms with Crippen molar-refractivity contribution in [3.05, 3.63) is 41.0 Å². The lowest BCUT2D eigenvalue weighted by Crippen LogP contribution is -2.23. The van der Waals surface area contributed by atoms with Gasteiger partial charge in [-0.1, -0.05) is 17.7 Å². The van der Waals surface area contributed by atoms with E-state index in [9.17, 15) is 0 Å². The predicted octanol–water partition coefficient (Wildman–Crippen LogP) is 4.41. The lowest BCUT2D eigenvalue weighted by Gasteiger charge is -2.11. The van der Waals surface area contributed by atoms with E-state index in [-0.39, 0.29) is 24.0 Å². The Balaban J connectivity index is 0.00000176. The quantitative estimate of drug-likeness (QED) is 0.334. The van der Waals surface area contributed by atoms with Crippen molar-refractivity contribution in [1.82, 2.24) is 0 Å². The summed E-state index contributed by atoms with van der Waals surface area (Å²) in [5.41, 5.74) is 11.5. The summed E-state index contributed by atoms with van der Waals surface area (Å²) in [7, 11) is 0. The van der Waals surface area contributed by atoms with Crippen LogP contribution in [0.2, 0.25) is 0 Å². The predicted molar refractivity (Wildman–Crippen MR) is 105 cm³/mol. The van der Waals surface area contributed by atoms with Gasteiger partial charge in [0.2, 0.25) is 0 Å². The summed E-state index contributed by atoms with van der Waals surface area (Å²) in [6.45, 7) is 0.787. The van der Waals surface area contributed by atoms with Crippen LogP contribution in [0.1, 0.15) is 49.7 Å². The van der Waals surface area contributed by atoms with E-state index in [1.807, 2.05) is 0 Å². The maximum atomic E-state index is 5.99. The molecule has 4 heteroatoms. The van der Waals surface area contributed by atoms with Crippen LogP contribution in [0.25, 0.3) is 0 Å². The average Bonchev–Trinajstić information content (AvgIpc) is 2.96. The highest BCUT2D eigenvalue weighted by Gasteiger charge is 2.10. The van der Waals surface area contributed by atoms with E-state index in [4.69, 9.17) is 5.73 Å². The Labute approximate surface area is 150 Å². The maximum absolute atomic E-state index is 5.99. The van der Waals surface area contributed by atoms with Crippen LogP contribution < -0.4 is 11.1 Å². The van der Waals surface area contributed by atoms with Crippen molar-refractivity contribution >= 4 is 35.6 Å². The molecular weight excluding hydrogens is 385 g/mol. The van der Waals surface area contributed by atoms with Gasteiger partial charge in [-0.3, -0.25) is 4.99 Å². The third-order valence-corrected chi connectivity index (χ3v) is 4.47. The number of allylic oxidation sites excluding steroid dienone is 1. The molecule has 0 aromatic heterocycles. The van der Waals surface area contributed by atoms with Gasteiger partial charge in [-0.25, -0.2) is 0 Å². The zero-order chi connectivity index (χ0) is 14.5. The number of hydrogen-bond donors (Lipinski definition) is 2. The maximum Gasteiger partial charge on any atom is 0.193 e. The molecule has 1 aromatic rings. The van der Waals surface area contributed by atoms with Crippen LogP contribution in [0.3, 0.4) is 0 Å². The molecule has 0 aliphatic heterocycles. The van der Waals surface area contributed by atoms with Gasteiger partial charge in [0.1, 0.15) is 0 Å². The standard InChI is InChI=1S/C18H25N3.HI/c19-18(20-12-11-14-5-2-1-3-6-14)21-17-10-9-15-7-4-8-16(15)13-17;/h5,9-10,13H,1-4,6-8,11-12H2,(H3,19,20,21);1H. The fourth-order valence-corrected chi connectivity index (χ4v) is 3.29. The number of hydrogen-bond acceptors (Lipinski definition) is 1. The molecule has 1 aromatic carbocycles. The van der Waals surface area contributed by atoms with Crippen molar-refractivity contribution in [2.24, 2.45) is 10.7 Å². The zero-order valence-corrected chi connectivity index (χ0v) is 15.4. The molecule has 0 amide bonds. The van der Waals surface area contributed by atoms with E-state index >= 15 is 0 Å². The minimum atomic E-state index is 0. The zero-order valence-electron chi connectivity index (χ0n) is 13.1. The van der Waals surface area contributed by atoms with Crippen molar-refractivity contribution in [3.8, 4) is 0 Å². The van der Waals surface area contributed by atoms with Crippen molar-refractivity contribution < 1.29 is 0 Å². The first kappa shape index (κ1) is 17.3. The normalized spacial score (nSPS) is 17.5. The van der Waals surface area contributed by atoms with Gasteiger partial charge < -0.3 is 11.1 Å². The molecule has 0 bridgehead atoms. The van der Waals surface area contributed by atoms with Crippen molar-refractivity contribution in [1.29, 1.82) is 0 Å². The third kappa shape index (κ3) is 4.73. The number of rotatable bonds is 4. The Bertz CT molecular complexity index is 563. The van der Waals surface area contributed by atoms with E-state index in [1.54, 1.807) is 5.57 Å². The van der Waals surface area contributed by atoms with Crippen LogP contribution in [0.4, 0.5) is 5.69 Å². The summed E-state index contributed by atoms with van der Waals surface area (Å²) in [6.07, 6.45) is 12.3. The minimum Gasteiger partial charge on any atom is -0.370 e.